The van der Waals surface area contributed by atoms with Gasteiger partial charge in [0, 0.05) is 63.2 Å². The lowest BCUT2D eigenvalue weighted by Gasteiger charge is -2.30. The molecule has 6 N–H and O–H groups in total. The summed E-state index contributed by atoms with van der Waals surface area (Å²) < 4.78 is 0. The number of carboxylic acid groups (broad SMARTS) is 1. The van der Waals surface area contributed by atoms with Crippen molar-refractivity contribution >= 4 is 41.2 Å². The molecule has 4 bridgehead atoms. The summed E-state index contributed by atoms with van der Waals surface area (Å²) in [5.41, 5.74) is 0.913. The molecule has 3 rings (SSSR count). The van der Waals surface area contributed by atoms with Crippen LogP contribution in [0.3, 0.4) is 0 Å². The molecule has 0 aromatic heterocycles. The molecule has 0 saturated heterocycles. The Balaban J connectivity index is 1.79. The zero-order valence-electron chi connectivity index (χ0n) is 32.2. The Morgan fingerprint density at radius 1 is 0.873 bits per heavy atom. The van der Waals surface area contributed by atoms with Gasteiger partial charge in [0.15, 0.2) is 11.6 Å². The zero-order chi connectivity index (χ0) is 41.0. The van der Waals surface area contributed by atoms with Crippen molar-refractivity contribution in [1.29, 1.82) is 0 Å². The van der Waals surface area contributed by atoms with Crippen LogP contribution in [0.15, 0.2) is 36.4 Å². The molecule has 0 unspecified atom stereocenters. The summed E-state index contributed by atoms with van der Waals surface area (Å²) in [5.74, 6) is -6.29. The van der Waals surface area contributed by atoms with Crippen molar-refractivity contribution in [3.63, 3.8) is 0 Å². The number of aromatic hydroxyl groups is 2. The average Bonchev–Trinajstić information content (AvgIpc) is 3.14. The lowest BCUT2D eigenvalue weighted by Crippen LogP contribution is -2.53. The Morgan fingerprint density at radius 3 is 2.15 bits per heavy atom. The molecule has 0 aliphatic carbocycles. The van der Waals surface area contributed by atoms with Gasteiger partial charge in [-0.15, -0.1) is 0 Å². The molecule has 1 aliphatic heterocycles. The maximum absolute atomic E-state index is 13.9. The number of unbranched alkanes of at least 4 members (excludes halogenated alkanes) is 4. The highest BCUT2D eigenvalue weighted by molar-refractivity contribution is 5.96. The molecule has 5 atom stereocenters. The quantitative estimate of drug-likeness (QED) is 0.136. The number of nitrogens with zero attached hydrogens (tertiary/aromatic N) is 2. The number of benzene rings is 2. The third-order valence-electron chi connectivity index (χ3n) is 10.0. The van der Waals surface area contributed by atoms with E-state index in [0.717, 1.165) is 35.5 Å². The molecule has 2 aromatic rings. The number of phenols is 2. The molecular weight excluding hydrogens is 712 g/mol. The minimum absolute atomic E-state index is 0.108. The molecule has 300 valence electrons. The smallest absolute Gasteiger partial charge is 0.326 e. The summed E-state index contributed by atoms with van der Waals surface area (Å²) >= 11 is 0. The number of hydrogen-bond acceptors (Lipinski definition) is 10. The van der Waals surface area contributed by atoms with Gasteiger partial charge in [-0.05, 0) is 48.7 Å². The molecule has 0 fully saturated rings. The molecule has 1 aliphatic rings. The van der Waals surface area contributed by atoms with Crippen LogP contribution in [0.4, 0.5) is 0 Å². The van der Waals surface area contributed by atoms with Crippen molar-refractivity contribution in [1.82, 2.24) is 20.4 Å². The molecule has 1 heterocycles. The van der Waals surface area contributed by atoms with Crippen LogP contribution in [0, 0.1) is 5.92 Å². The van der Waals surface area contributed by atoms with E-state index < -0.39 is 78.4 Å². The largest absolute Gasteiger partial charge is 0.507 e. The first kappa shape index (κ1) is 44.1. The Hall–Kier alpha value is -5.31. The van der Waals surface area contributed by atoms with Crippen molar-refractivity contribution < 1.29 is 54.0 Å². The van der Waals surface area contributed by atoms with Gasteiger partial charge in [-0.2, -0.15) is 0 Å². The Labute approximate surface area is 321 Å². The molecule has 15 nitrogen and oxygen atoms in total. The van der Waals surface area contributed by atoms with E-state index in [4.69, 9.17) is 0 Å². The summed E-state index contributed by atoms with van der Waals surface area (Å²) in [6.07, 6.45) is 3.63. The van der Waals surface area contributed by atoms with Crippen LogP contribution in [0.25, 0.3) is 11.1 Å². The van der Waals surface area contributed by atoms with Crippen LogP contribution in [-0.2, 0) is 40.0 Å². The van der Waals surface area contributed by atoms with Gasteiger partial charge >= 0.3 is 5.97 Å². The molecular formula is C40H54N4O11. The second-order valence-corrected chi connectivity index (χ2v) is 14.3. The Bertz CT molecular complexity index is 1750. The van der Waals surface area contributed by atoms with Crippen LogP contribution in [0.2, 0.25) is 0 Å². The topological polar surface area (TPSA) is 231 Å². The molecule has 0 radical (unpaired) electrons. The van der Waals surface area contributed by atoms with Crippen molar-refractivity contribution in [3.05, 3.63) is 47.5 Å². The van der Waals surface area contributed by atoms with Gasteiger partial charge in [0.25, 0.3) is 0 Å². The van der Waals surface area contributed by atoms with Crippen molar-refractivity contribution in [3.8, 4) is 22.6 Å². The summed E-state index contributed by atoms with van der Waals surface area (Å²) in [4.78, 5) is 93.8. The lowest BCUT2D eigenvalue weighted by atomic mass is 9.89. The number of hydrogen-bond donors (Lipinski definition) is 6. The standard InChI is InChI=1S/C40H54N4O11/c1-6-7-8-9-10-11-35(50)43(4)30(22-45)39(53)41-24(3)31(46)16-17-36(51)44(5)37-26-13-15-33(48)28(21-26)27-19-25(12-14-32(27)47)20-29(40(54)55)42-38(52)23(2)18-34(37)49/h12-15,19,21,23-24,29-30,37,45,47-48H,6-11,16-18,20,22H2,1-5H3,(H,41,53)(H,42,52)(H,54,55)/t23-,24-,29+,30-,37+/m1/s1. The van der Waals surface area contributed by atoms with Crippen molar-refractivity contribution in [2.45, 2.75) is 109 Å². The number of rotatable bonds is 16. The number of Topliss-reactive ketones (excluding diaryl/α,β-unsaturated/α-hetero) is 2. The molecule has 15 heteroatoms. The van der Waals surface area contributed by atoms with Gasteiger partial charge in [0.1, 0.15) is 29.6 Å². The lowest BCUT2D eigenvalue weighted by molar-refractivity contribution is -0.143. The van der Waals surface area contributed by atoms with Gasteiger partial charge in [-0.1, -0.05) is 51.7 Å². The Morgan fingerprint density at radius 2 is 1.51 bits per heavy atom. The van der Waals surface area contributed by atoms with Crippen LogP contribution < -0.4 is 10.6 Å². The first-order valence-electron chi connectivity index (χ1n) is 18.7. The zero-order valence-corrected chi connectivity index (χ0v) is 32.2. The number of carbonyl (C=O) groups excluding carboxylic acids is 6. The number of aliphatic carboxylic acids is 1. The second-order valence-electron chi connectivity index (χ2n) is 14.3. The normalized spacial score (nSPS) is 18.3. The summed E-state index contributed by atoms with van der Waals surface area (Å²) in [6, 6.07) is 3.46. The van der Waals surface area contributed by atoms with E-state index in [-0.39, 0.29) is 59.8 Å². The minimum atomic E-state index is -1.36. The summed E-state index contributed by atoms with van der Waals surface area (Å²) in [7, 11) is 2.77. The molecule has 55 heavy (non-hydrogen) atoms. The SMILES string of the molecule is CCCCCCCC(=O)N(C)[C@H](CO)C(=O)N[C@H](C)C(=O)CCC(=O)N(C)[C@@H]1C(=O)C[C@@H](C)C(=O)N[C@H](C(=O)O)Cc2ccc(O)c(c2)-c2cc1ccc2O. The third kappa shape index (κ3) is 11.8. The molecule has 2 aromatic carbocycles. The average molecular weight is 767 g/mol. The Kier molecular flexibility index (Phi) is 16.3. The monoisotopic (exact) mass is 766 g/mol. The van der Waals surface area contributed by atoms with Crippen molar-refractivity contribution in [2.75, 3.05) is 20.7 Å². The van der Waals surface area contributed by atoms with E-state index in [2.05, 4.69) is 17.6 Å². The minimum Gasteiger partial charge on any atom is -0.507 e. The van der Waals surface area contributed by atoms with Crippen LogP contribution in [0.1, 0.15) is 95.7 Å². The van der Waals surface area contributed by atoms with Gasteiger partial charge < -0.3 is 40.9 Å². The first-order valence-corrected chi connectivity index (χ1v) is 18.7. The van der Waals surface area contributed by atoms with E-state index in [9.17, 15) is 54.0 Å². The number of phenolic OH excluding ortho intramolecular Hbond substituents is 2. The molecule has 0 saturated carbocycles. The fourth-order valence-electron chi connectivity index (χ4n) is 6.51. The second kappa shape index (κ2) is 20.4. The van der Waals surface area contributed by atoms with Crippen LogP contribution in [-0.4, -0.2) is 110 Å². The fourth-order valence-corrected chi connectivity index (χ4v) is 6.51. The number of carboxylic acids is 1. The third-order valence-corrected chi connectivity index (χ3v) is 10.0. The predicted octanol–water partition coefficient (Wildman–Crippen LogP) is 3.02. The van der Waals surface area contributed by atoms with E-state index in [1.165, 1.54) is 64.3 Å². The van der Waals surface area contributed by atoms with E-state index in [0.29, 0.717) is 12.0 Å². The summed E-state index contributed by atoms with van der Waals surface area (Å²) in [6.45, 7) is 4.30. The number of carbonyl (C=O) groups is 7. The molecule has 4 amide bonds. The summed E-state index contributed by atoms with van der Waals surface area (Å²) in [5, 5.41) is 46.3. The highest BCUT2D eigenvalue weighted by atomic mass is 16.4. The van der Waals surface area contributed by atoms with E-state index >= 15 is 0 Å². The van der Waals surface area contributed by atoms with Gasteiger partial charge in [-0.25, -0.2) is 4.79 Å². The maximum atomic E-state index is 13.9. The van der Waals surface area contributed by atoms with Crippen molar-refractivity contribution in [2.24, 2.45) is 5.92 Å². The highest BCUT2D eigenvalue weighted by Crippen LogP contribution is 2.39. The highest BCUT2D eigenvalue weighted by Gasteiger charge is 2.34. The molecule has 0 spiro atoms. The number of aliphatic hydroxyl groups is 1. The number of ketones is 2. The fraction of sp³-hybridized carbons (Fsp3) is 0.525. The van der Waals surface area contributed by atoms with E-state index in [1.54, 1.807) is 0 Å². The van der Waals surface area contributed by atoms with Gasteiger partial charge in [0.05, 0.1) is 12.6 Å². The van der Waals surface area contributed by atoms with E-state index in [1.807, 2.05) is 0 Å². The number of nitrogens with one attached hydrogen (secondary N) is 2. The van der Waals surface area contributed by atoms with Crippen LogP contribution >= 0.6 is 0 Å². The number of likely N-dealkylation sites (N-methyl/N-ethyl adjacent to an activating group) is 2. The number of amides is 4. The van der Waals surface area contributed by atoms with Gasteiger partial charge in [-0.3, -0.25) is 28.8 Å². The predicted molar refractivity (Wildman–Crippen MR) is 202 cm³/mol. The number of aliphatic hydroxyl groups excluding tert-OH is 1. The van der Waals surface area contributed by atoms with Crippen LogP contribution in [0.5, 0.6) is 11.5 Å². The maximum Gasteiger partial charge on any atom is 0.326 e. The first-order chi connectivity index (χ1) is 26.0. The van der Waals surface area contributed by atoms with Gasteiger partial charge in [0.2, 0.25) is 23.6 Å². The number of fused-ring (bicyclic) bond motifs is 5.